The highest BCUT2D eigenvalue weighted by atomic mass is 32.2. The summed E-state index contributed by atoms with van der Waals surface area (Å²) in [6.45, 7) is 3.44. The summed E-state index contributed by atoms with van der Waals surface area (Å²) in [6.07, 6.45) is 6.12. The van der Waals surface area contributed by atoms with Crippen molar-refractivity contribution >= 4 is 39.3 Å². The van der Waals surface area contributed by atoms with E-state index in [9.17, 15) is 13.9 Å². The summed E-state index contributed by atoms with van der Waals surface area (Å²) in [5, 5.41) is 12.5. The molecule has 3 aliphatic heterocycles. The van der Waals surface area contributed by atoms with E-state index in [-0.39, 0.29) is 22.7 Å². The normalized spacial score (nSPS) is 28.3. The molecule has 4 aromatic rings. The molecule has 3 aromatic carbocycles. The van der Waals surface area contributed by atoms with Crippen LogP contribution in [0.15, 0.2) is 42.5 Å². The number of thioether (sulfide) groups is 1. The molecule has 2 unspecified atom stereocenters. The fourth-order valence-electron chi connectivity index (χ4n) is 8.55. The fraction of sp³-hybridized carbons (Fsp3) is 0.471. The highest BCUT2D eigenvalue weighted by molar-refractivity contribution is 7.99. The van der Waals surface area contributed by atoms with Crippen LogP contribution in [-0.2, 0) is 0 Å². The topological polar surface area (TPSA) is 61.7 Å². The number of nitrogens with zero attached hydrogens (tertiary/aromatic N) is 4. The van der Waals surface area contributed by atoms with Crippen LogP contribution in [0, 0.1) is 23.5 Å². The molecule has 8 rings (SSSR count). The van der Waals surface area contributed by atoms with Gasteiger partial charge in [-0.3, -0.25) is 4.90 Å². The van der Waals surface area contributed by atoms with E-state index in [1.807, 2.05) is 30.0 Å². The molecule has 230 valence electrons. The number of aromatic hydroxyl groups is 1. The maximum absolute atomic E-state index is 15.1. The Morgan fingerprint density at radius 3 is 2.66 bits per heavy atom. The van der Waals surface area contributed by atoms with Crippen molar-refractivity contribution < 1.29 is 23.0 Å². The van der Waals surface area contributed by atoms with Crippen molar-refractivity contribution in [3.8, 4) is 22.9 Å². The highest BCUT2D eigenvalue weighted by Crippen LogP contribution is 2.46. The third-order valence-electron chi connectivity index (χ3n) is 10.5. The maximum Gasteiger partial charge on any atom is 0.319 e. The van der Waals surface area contributed by atoms with Crippen LogP contribution in [0.25, 0.3) is 32.8 Å². The van der Waals surface area contributed by atoms with Gasteiger partial charge in [0.15, 0.2) is 11.6 Å². The van der Waals surface area contributed by atoms with Crippen molar-refractivity contribution in [2.45, 2.75) is 49.1 Å². The number of hydrogen-bond donors (Lipinski definition) is 1. The monoisotopic (exact) mass is 620 g/mol. The Hall–Kier alpha value is -3.24. The summed E-state index contributed by atoms with van der Waals surface area (Å²) in [4.78, 5) is 14.4. The van der Waals surface area contributed by atoms with Crippen molar-refractivity contribution in [2.24, 2.45) is 11.8 Å². The van der Waals surface area contributed by atoms with Crippen LogP contribution in [-0.4, -0.2) is 76.0 Å². The molecular weight excluding hydrogens is 585 g/mol. The summed E-state index contributed by atoms with van der Waals surface area (Å²) in [6, 6.07) is 11.3. The van der Waals surface area contributed by atoms with Gasteiger partial charge in [-0.1, -0.05) is 12.1 Å². The van der Waals surface area contributed by atoms with E-state index in [2.05, 4.69) is 16.1 Å². The standard InChI is InChI=1S/C34H35F3N4O2S/c1-44-31-21-3-4-22(31)16-40(15-21)32-25-7-5-19(26-13-24(42)11-20-6-8-27(36)30(37)29(20)26)12-28(25)38-33(39-32)43-18-34-9-2-10-41(34)17-23(35)14-34/h5-8,11-13,21-23,31,42H,2-4,9-10,14-18H2,1H3/t21?,22?,23-,31?,34+/m1/s1. The molecule has 0 radical (unpaired) electrons. The number of anilines is 1. The van der Waals surface area contributed by atoms with Gasteiger partial charge in [-0.05, 0) is 97.2 Å². The molecule has 4 fully saturated rings. The van der Waals surface area contributed by atoms with Crippen molar-refractivity contribution in [3.63, 3.8) is 0 Å². The summed E-state index contributed by atoms with van der Waals surface area (Å²) in [5.74, 6) is 0.0271. The first-order chi connectivity index (χ1) is 21.3. The number of fused-ring (bicyclic) bond motifs is 5. The molecule has 6 nitrogen and oxygen atoms in total. The summed E-state index contributed by atoms with van der Waals surface area (Å²) < 4.78 is 50.3. The number of alkyl halides is 1. The number of phenols is 1. The Morgan fingerprint density at radius 1 is 1.05 bits per heavy atom. The van der Waals surface area contributed by atoms with Crippen LogP contribution >= 0.6 is 11.8 Å². The van der Waals surface area contributed by atoms with Gasteiger partial charge < -0.3 is 14.7 Å². The number of phenolic OH excluding ortho intramolecular Hbond substituents is 1. The Balaban J connectivity index is 1.23. The van der Waals surface area contributed by atoms with Crippen LogP contribution in [0.4, 0.5) is 19.0 Å². The molecule has 4 aliphatic rings. The lowest BCUT2D eigenvalue weighted by Crippen LogP contribution is -2.44. The van der Waals surface area contributed by atoms with Gasteiger partial charge >= 0.3 is 6.01 Å². The third kappa shape index (κ3) is 4.59. The maximum atomic E-state index is 15.1. The zero-order chi connectivity index (χ0) is 30.2. The molecule has 0 spiro atoms. The molecule has 10 heteroatoms. The van der Waals surface area contributed by atoms with E-state index < -0.39 is 17.8 Å². The number of halogens is 3. The van der Waals surface area contributed by atoms with Crippen LogP contribution in [0.2, 0.25) is 0 Å². The molecule has 1 aromatic heterocycles. The van der Waals surface area contributed by atoms with Crippen molar-refractivity contribution in [1.82, 2.24) is 14.9 Å². The zero-order valence-electron chi connectivity index (χ0n) is 24.6. The number of hydrogen-bond acceptors (Lipinski definition) is 7. The van der Waals surface area contributed by atoms with Gasteiger partial charge in [-0.2, -0.15) is 21.7 Å². The van der Waals surface area contributed by atoms with Gasteiger partial charge in [0.05, 0.1) is 11.1 Å². The number of piperidine rings is 1. The van der Waals surface area contributed by atoms with E-state index >= 15 is 4.39 Å². The fourth-order valence-corrected chi connectivity index (χ4v) is 9.77. The van der Waals surface area contributed by atoms with Crippen LogP contribution in [0.5, 0.6) is 11.8 Å². The zero-order valence-corrected chi connectivity index (χ0v) is 25.4. The lowest BCUT2D eigenvalue weighted by molar-refractivity contribution is 0.107. The third-order valence-corrected chi connectivity index (χ3v) is 11.8. The second-order valence-electron chi connectivity index (χ2n) is 13.1. The molecule has 1 N–H and O–H groups in total. The van der Waals surface area contributed by atoms with Crippen molar-refractivity contribution in [1.29, 1.82) is 0 Å². The molecule has 1 aliphatic carbocycles. The van der Waals surface area contributed by atoms with E-state index in [0.717, 1.165) is 49.7 Å². The van der Waals surface area contributed by atoms with E-state index in [4.69, 9.17) is 14.7 Å². The number of ether oxygens (including phenoxy) is 1. The van der Waals surface area contributed by atoms with Crippen LogP contribution in [0.3, 0.4) is 0 Å². The summed E-state index contributed by atoms with van der Waals surface area (Å²) >= 11 is 1.97. The van der Waals surface area contributed by atoms with Crippen molar-refractivity contribution in [3.05, 3.63) is 54.1 Å². The highest BCUT2D eigenvalue weighted by Gasteiger charge is 2.49. The number of aromatic nitrogens is 2. The van der Waals surface area contributed by atoms with Gasteiger partial charge in [0, 0.05) is 42.1 Å². The second-order valence-corrected chi connectivity index (χ2v) is 14.1. The Kier molecular flexibility index (Phi) is 6.86. The lowest BCUT2D eigenvalue weighted by Gasteiger charge is -2.38. The SMILES string of the molecule is CSC1C2CCC1CN(c1nc(OC[C@@]34CCCN3C[C@H](F)C4)nc3cc(-c4cc(O)cc5ccc(F)c(F)c45)ccc13)C2. The second kappa shape index (κ2) is 10.7. The Bertz CT molecular complexity index is 1760. The minimum Gasteiger partial charge on any atom is -0.508 e. The summed E-state index contributed by atoms with van der Waals surface area (Å²) in [5.41, 5.74) is 1.25. The molecular formula is C34H35F3N4O2S. The quantitative estimate of drug-likeness (QED) is 0.250. The van der Waals surface area contributed by atoms with E-state index in [1.165, 1.54) is 31.0 Å². The molecule has 44 heavy (non-hydrogen) atoms. The molecule has 3 saturated heterocycles. The minimum absolute atomic E-state index is 0.0405. The van der Waals surface area contributed by atoms with Crippen molar-refractivity contribution in [2.75, 3.05) is 43.9 Å². The van der Waals surface area contributed by atoms with Crippen LogP contribution < -0.4 is 9.64 Å². The van der Waals surface area contributed by atoms with E-state index in [0.29, 0.717) is 58.7 Å². The smallest absolute Gasteiger partial charge is 0.319 e. The first-order valence-corrected chi connectivity index (χ1v) is 16.8. The average molecular weight is 621 g/mol. The van der Waals surface area contributed by atoms with Gasteiger partial charge in [0.25, 0.3) is 0 Å². The van der Waals surface area contributed by atoms with Gasteiger partial charge in [0.1, 0.15) is 24.3 Å². The van der Waals surface area contributed by atoms with Gasteiger partial charge in [0.2, 0.25) is 0 Å². The first kappa shape index (κ1) is 28.2. The predicted molar refractivity (Wildman–Crippen MR) is 168 cm³/mol. The Labute approximate surface area is 258 Å². The minimum atomic E-state index is -0.958. The predicted octanol–water partition coefficient (Wildman–Crippen LogP) is 6.97. The molecule has 0 amide bonds. The molecule has 4 atom stereocenters. The largest absolute Gasteiger partial charge is 0.508 e. The molecule has 2 bridgehead atoms. The Morgan fingerprint density at radius 2 is 1.86 bits per heavy atom. The van der Waals surface area contributed by atoms with E-state index in [1.54, 1.807) is 0 Å². The molecule has 1 saturated carbocycles. The lowest BCUT2D eigenvalue weighted by atomic mass is 9.95. The summed E-state index contributed by atoms with van der Waals surface area (Å²) in [7, 11) is 0. The molecule has 4 heterocycles. The van der Waals surface area contributed by atoms with Crippen LogP contribution in [0.1, 0.15) is 32.1 Å². The number of rotatable bonds is 6. The first-order valence-electron chi connectivity index (χ1n) is 15.5. The van der Waals surface area contributed by atoms with Gasteiger partial charge in [-0.25, -0.2) is 13.2 Å². The average Bonchev–Trinajstić information content (AvgIpc) is 3.62. The number of benzene rings is 3. The van der Waals surface area contributed by atoms with Gasteiger partial charge in [-0.15, -0.1) is 0 Å².